The van der Waals surface area contributed by atoms with Crippen LogP contribution in [0.2, 0.25) is 0 Å². The highest BCUT2D eigenvalue weighted by Crippen LogP contribution is 2.23. The van der Waals surface area contributed by atoms with Gasteiger partial charge in [-0.05, 0) is 36.2 Å². The van der Waals surface area contributed by atoms with Crippen LogP contribution in [0.5, 0.6) is 5.75 Å². The van der Waals surface area contributed by atoms with Crippen molar-refractivity contribution in [3.05, 3.63) is 66.5 Å². The van der Waals surface area contributed by atoms with E-state index in [4.69, 9.17) is 4.74 Å². The zero-order chi connectivity index (χ0) is 18.4. The minimum atomic E-state index is -0.0524. The maximum atomic E-state index is 12.3. The van der Waals surface area contributed by atoms with E-state index in [9.17, 15) is 4.79 Å². The van der Waals surface area contributed by atoms with Crippen LogP contribution in [0.4, 0.5) is 5.69 Å². The van der Waals surface area contributed by atoms with Crippen molar-refractivity contribution in [2.45, 2.75) is 18.5 Å². The molecule has 134 valence electrons. The fraction of sp³-hybridized carbons (Fsp3) is 0.200. The second kappa shape index (κ2) is 8.58. The molecule has 1 aromatic heterocycles. The minimum absolute atomic E-state index is 0.0524. The number of nitrogens with zero attached hydrogens (tertiary/aromatic N) is 2. The van der Waals surface area contributed by atoms with E-state index in [0.29, 0.717) is 0 Å². The molecule has 26 heavy (non-hydrogen) atoms. The highest BCUT2D eigenvalue weighted by atomic mass is 32.2. The largest absolute Gasteiger partial charge is 0.497 e. The van der Waals surface area contributed by atoms with Crippen LogP contribution in [0.1, 0.15) is 12.5 Å². The summed E-state index contributed by atoms with van der Waals surface area (Å²) in [4.78, 5) is 16.6. The summed E-state index contributed by atoms with van der Waals surface area (Å²) in [5, 5.41) is 3.70. The van der Waals surface area contributed by atoms with E-state index >= 15 is 0 Å². The van der Waals surface area contributed by atoms with Gasteiger partial charge in [0.05, 0.1) is 18.6 Å². The molecule has 6 heteroatoms. The van der Waals surface area contributed by atoms with Crippen molar-refractivity contribution in [1.29, 1.82) is 0 Å². The van der Waals surface area contributed by atoms with Gasteiger partial charge in [0, 0.05) is 24.1 Å². The Bertz CT molecular complexity index is 892. The van der Waals surface area contributed by atoms with Gasteiger partial charge in [-0.2, -0.15) is 0 Å². The van der Waals surface area contributed by atoms with E-state index in [1.165, 1.54) is 17.3 Å². The van der Waals surface area contributed by atoms with Gasteiger partial charge in [-0.15, -0.1) is 0 Å². The molecule has 0 radical (unpaired) electrons. The third kappa shape index (κ3) is 4.46. The zero-order valence-corrected chi connectivity index (χ0v) is 15.6. The van der Waals surface area contributed by atoms with Gasteiger partial charge in [0.2, 0.25) is 5.91 Å². The number of aryl methyl sites for hydroxylation is 1. The van der Waals surface area contributed by atoms with Crippen LogP contribution in [0.25, 0.3) is 5.69 Å². The number of nitrogens with one attached hydrogen (secondary N) is 1. The third-order valence-corrected chi connectivity index (χ3v) is 4.86. The molecule has 0 aliphatic heterocycles. The molecule has 0 saturated heterocycles. The van der Waals surface area contributed by atoms with Crippen LogP contribution in [0.15, 0.2) is 66.1 Å². The number of hydrogen-bond acceptors (Lipinski definition) is 4. The summed E-state index contributed by atoms with van der Waals surface area (Å²) >= 11 is 1.40. The highest BCUT2D eigenvalue weighted by molar-refractivity contribution is 7.99. The van der Waals surface area contributed by atoms with Gasteiger partial charge in [-0.1, -0.05) is 36.9 Å². The van der Waals surface area contributed by atoms with Crippen molar-refractivity contribution >= 4 is 23.4 Å². The van der Waals surface area contributed by atoms with Crippen molar-refractivity contribution in [3.63, 3.8) is 0 Å². The maximum absolute atomic E-state index is 12.3. The number of thioether (sulfide) groups is 1. The van der Waals surface area contributed by atoms with Crippen molar-refractivity contribution < 1.29 is 9.53 Å². The van der Waals surface area contributed by atoms with E-state index < -0.39 is 0 Å². The van der Waals surface area contributed by atoms with E-state index in [2.05, 4.69) is 23.3 Å². The van der Waals surface area contributed by atoms with Gasteiger partial charge < -0.3 is 10.1 Å². The summed E-state index contributed by atoms with van der Waals surface area (Å²) in [6.45, 7) is 2.09. The predicted molar refractivity (Wildman–Crippen MR) is 105 cm³/mol. The number of anilines is 1. The predicted octanol–water partition coefficient (Wildman–Crippen LogP) is 4.17. The minimum Gasteiger partial charge on any atom is -0.497 e. The Morgan fingerprint density at radius 3 is 2.88 bits per heavy atom. The summed E-state index contributed by atoms with van der Waals surface area (Å²) in [5.41, 5.74) is 2.97. The summed E-state index contributed by atoms with van der Waals surface area (Å²) in [7, 11) is 1.64. The molecule has 0 aliphatic carbocycles. The average molecular weight is 367 g/mol. The monoisotopic (exact) mass is 367 g/mol. The fourth-order valence-corrected chi connectivity index (χ4v) is 3.32. The number of carbonyl (C=O) groups is 1. The second-order valence-corrected chi connectivity index (χ2v) is 6.61. The highest BCUT2D eigenvalue weighted by Gasteiger charge is 2.10. The molecule has 2 aromatic carbocycles. The Balaban J connectivity index is 1.65. The van der Waals surface area contributed by atoms with Gasteiger partial charge >= 0.3 is 0 Å². The first-order valence-corrected chi connectivity index (χ1v) is 9.37. The van der Waals surface area contributed by atoms with Gasteiger partial charge in [0.1, 0.15) is 5.75 Å². The molecule has 1 amide bonds. The number of amides is 1. The second-order valence-electron chi connectivity index (χ2n) is 5.67. The number of rotatable bonds is 7. The van der Waals surface area contributed by atoms with Crippen molar-refractivity contribution in [1.82, 2.24) is 9.55 Å². The lowest BCUT2D eigenvalue weighted by Crippen LogP contribution is -2.14. The normalized spacial score (nSPS) is 10.5. The van der Waals surface area contributed by atoms with E-state index in [-0.39, 0.29) is 11.7 Å². The average Bonchev–Trinajstić information content (AvgIpc) is 3.15. The number of aromatic nitrogens is 2. The number of hydrogen-bond donors (Lipinski definition) is 1. The lowest BCUT2D eigenvalue weighted by molar-refractivity contribution is -0.113. The molecule has 3 aromatic rings. The summed E-state index contributed by atoms with van der Waals surface area (Å²) in [5.74, 6) is 1.02. The summed E-state index contributed by atoms with van der Waals surface area (Å²) in [6, 6.07) is 15.6. The number of ether oxygens (including phenoxy) is 1. The van der Waals surface area contributed by atoms with Crippen LogP contribution >= 0.6 is 11.8 Å². The Morgan fingerprint density at radius 1 is 1.23 bits per heavy atom. The van der Waals surface area contributed by atoms with Crippen LogP contribution in [-0.2, 0) is 11.2 Å². The van der Waals surface area contributed by atoms with Crippen LogP contribution in [0.3, 0.4) is 0 Å². The zero-order valence-electron chi connectivity index (χ0n) is 14.8. The third-order valence-electron chi connectivity index (χ3n) is 3.89. The Hall–Kier alpha value is -2.73. The number of imidazole rings is 1. The quantitative estimate of drug-likeness (QED) is 0.637. The molecular weight excluding hydrogens is 346 g/mol. The first-order valence-electron chi connectivity index (χ1n) is 8.39. The summed E-state index contributed by atoms with van der Waals surface area (Å²) < 4.78 is 7.21. The Labute approximate surface area is 157 Å². The molecule has 1 N–H and O–H groups in total. The fourth-order valence-electron chi connectivity index (χ4n) is 2.55. The van der Waals surface area contributed by atoms with Gasteiger partial charge in [0.15, 0.2) is 5.16 Å². The van der Waals surface area contributed by atoms with E-state index in [0.717, 1.165) is 28.7 Å². The number of benzene rings is 2. The molecule has 0 bridgehead atoms. The Morgan fingerprint density at radius 2 is 2.08 bits per heavy atom. The van der Waals surface area contributed by atoms with Gasteiger partial charge in [0.25, 0.3) is 0 Å². The first kappa shape index (κ1) is 18.1. The lowest BCUT2D eigenvalue weighted by atomic mass is 10.1. The number of methoxy groups -OCH3 is 1. The SMILES string of the molecule is CCc1cccc(NC(=O)CSc2nccn2-c2cccc(OC)c2)c1. The van der Waals surface area contributed by atoms with E-state index in [1.54, 1.807) is 13.3 Å². The standard InChI is InChI=1S/C20H21N3O2S/c1-3-15-6-4-7-16(12-15)22-19(24)14-26-20-21-10-11-23(20)17-8-5-9-18(13-17)25-2/h4-13H,3,14H2,1-2H3,(H,22,24). The Kier molecular flexibility index (Phi) is 5.96. The van der Waals surface area contributed by atoms with Gasteiger partial charge in [-0.25, -0.2) is 4.98 Å². The van der Waals surface area contributed by atoms with Crippen molar-refractivity contribution in [2.24, 2.45) is 0 Å². The van der Waals surface area contributed by atoms with Crippen LogP contribution < -0.4 is 10.1 Å². The van der Waals surface area contributed by atoms with Crippen molar-refractivity contribution in [2.75, 3.05) is 18.2 Å². The molecule has 0 spiro atoms. The molecule has 5 nitrogen and oxygen atoms in total. The maximum Gasteiger partial charge on any atom is 0.234 e. The molecule has 0 aliphatic rings. The smallest absolute Gasteiger partial charge is 0.234 e. The topological polar surface area (TPSA) is 56.2 Å². The van der Waals surface area contributed by atoms with Crippen LogP contribution in [-0.4, -0.2) is 28.3 Å². The summed E-state index contributed by atoms with van der Waals surface area (Å²) in [6.07, 6.45) is 4.54. The molecule has 0 fully saturated rings. The lowest BCUT2D eigenvalue weighted by Gasteiger charge is -2.09. The molecule has 0 unspecified atom stereocenters. The molecule has 0 saturated carbocycles. The van der Waals surface area contributed by atoms with E-state index in [1.807, 2.05) is 53.2 Å². The molecule has 0 atom stereocenters. The van der Waals surface area contributed by atoms with Crippen molar-refractivity contribution in [3.8, 4) is 11.4 Å². The first-order chi connectivity index (χ1) is 12.7. The number of carbonyl (C=O) groups excluding carboxylic acids is 1. The van der Waals surface area contributed by atoms with Gasteiger partial charge in [-0.3, -0.25) is 9.36 Å². The van der Waals surface area contributed by atoms with Crippen LogP contribution in [0, 0.1) is 0 Å². The molecular formula is C20H21N3O2S. The molecule has 3 rings (SSSR count). The molecule has 1 heterocycles.